The van der Waals surface area contributed by atoms with Crippen molar-refractivity contribution in [3.05, 3.63) is 67.6 Å². The summed E-state index contributed by atoms with van der Waals surface area (Å²) in [7, 11) is -3.71. The van der Waals surface area contributed by atoms with Gasteiger partial charge in [0, 0.05) is 44.3 Å². The molecule has 3 aromatic rings. The van der Waals surface area contributed by atoms with Crippen molar-refractivity contribution in [1.29, 1.82) is 0 Å². The van der Waals surface area contributed by atoms with Crippen molar-refractivity contribution in [2.24, 2.45) is 0 Å². The van der Waals surface area contributed by atoms with E-state index in [1.165, 1.54) is 0 Å². The van der Waals surface area contributed by atoms with Gasteiger partial charge in [0.1, 0.15) is 0 Å². The second kappa shape index (κ2) is 8.97. The molecule has 0 saturated heterocycles. The van der Waals surface area contributed by atoms with E-state index < -0.39 is 10.0 Å². The molecule has 29 heavy (non-hydrogen) atoms. The van der Waals surface area contributed by atoms with Crippen LogP contribution in [0, 0.1) is 0 Å². The van der Waals surface area contributed by atoms with Crippen LogP contribution in [0.15, 0.2) is 36.4 Å². The van der Waals surface area contributed by atoms with Crippen LogP contribution in [0.2, 0.25) is 20.1 Å². The third-order valence-electron chi connectivity index (χ3n) is 3.86. The second-order valence-corrected chi connectivity index (χ2v) is 9.41. The highest BCUT2D eigenvalue weighted by Gasteiger charge is 2.18. The highest BCUT2D eigenvalue weighted by molar-refractivity contribution is 7.89. The summed E-state index contributed by atoms with van der Waals surface area (Å²) in [6.07, 6.45) is 1.02. The summed E-state index contributed by atoms with van der Waals surface area (Å²) in [6.45, 7) is 0.366. The first-order chi connectivity index (χ1) is 13.7. The molecule has 1 aromatic heterocycles. The molecule has 0 radical (unpaired) electrons. The van der Waals surface area contributed by atoms with Crippen LogP contribution in [0.4, 0.5) is 11.9 Å². The van der Waals surface area contributed by atoms with Gasteiger partial charge < -0.3 is 10.6 Å². The van der Waals surface area contributed by atoms with Gasteiger partial charge in [-0.3, -0.25) is 0 Å². The van der Waals surface area contributed by atoms with Crippen LogP contribution in [-0.4, -0.2) is 28.8 Å². The summed E-state index contributed by atoms with van der Waals surface area (Å²) in [5, 5.41) is 11.7. The molecule has 0 unspecified atom stereocenters. The fourth-order valence-electron chi connectivity index (χ4n) is 2.45. The summed E-state index contributed by atoms with van der Waals surface area (Å²) >= 11 is 24.6. The molecule has 0 aliphatic rings. The predicted octanol–water partition coefficient (Wildman–Crippen LogP) is 4.92. The summed E-state index contributed by atoms with van der Waals surface area (Å²) in [4.78, 5) is 4.20. The predicted molar refractivity (Wildman–Crippen MR) is 118 cm³/mol. The van der Waals surface area contributed by atoms with Crippen LogP contribution >= 0.6 is 46.4 Å². The number of rotatable bonds is 7. The van der Waals surface area contributed by atoms with E-state index in [4.69, 9.17) is 46.4 Å². The van der Waals surface area contributed by atoms with E-state index in [2.05, 4.69) is 20.7 Å². The third kappa shape index (κ3) is 5.26. The Morgan fingerprint density at radius 3 is 1.76 bits per heavy atom. The molecule has 0 saturated carbocycles. The average molecular weight is 495 g/mol. The van der Waals surface area contributed by atoms with Crippen LogP contribution in [0.25, 0.3) is 0 Å². The van der Waals surface area contributed by atoms with Gasteiger partial charge in [-0.1, -0.05) is 58.5 Å². The first kappa shape index (κ1) is 22.0. The highest BCUT2D eigenvalue weighted by atomic mass is 35.5. The number of benzene rings is 2. The minimum atomic E-state index is -3.71. The molecule has 2 aromatic carbocycles. The summed E-state index contributed by atoms with van der Waals surface area (Å²) in [6, 6.07) is 10.2. The maximum atomic E-state index is 12.1. The number of nitrogens with zero attached hydrogens (tertiary/aromatic N) is 3. The molecule has 3 rings (SSSR count). The van der Waals surface area contributed by atoms with Gasteiger partial charge in [0.15, 0.2) is 0 Å². The summed E-state index contributed by atoms with van der Waals surface area (Å²) in [5.41, 5.74) is 1.25. The minimum Gasteiger partial charge on any atom is -0.349 e. The van der Waals surface area contributed by atoms with E-state index >= 15 is 0 Å². The van der Waals surface area contributed by atoms with Crippen molar-refractivity contribution >= 4 is 68.3 Å². The summed E-state index contributed by atoms with van der Waals surface area (Å²) in [5.74, 6) is 0.0930. The Kier molecular flexibility index (Phi) is 6.80. The number of hydrogen-bond donors (Lipinski definition) is 2. The zero-order valence-electron chi connectivity index (χ0n) is 15.0. The van der Waals surface area contributed by atoms with Crippen LogP contribution < -0.4 is 10.6 Å². The van der Waals surface area contributed by atoms with Crippen LogP contribution in [0.5, 0.6) is 0 Å². The van der Waals surface area contributed by atoms with Crippen molar-refractivity contribution in [1.82, 2.24) is 14.2 Å². The van der Waals surface area contributed by atoms with Gasteiger partial charge in [-0.25, -0.2) is 8.42 Å². The first-order valence-electron chi connectivity index (χ1n) is 8.18. The van der Waals surface area contributed by atoms with Gasteiger partial charge >= 0.3 is 0 Å². The largest absolute Gasteiger partial charge is 0.349 e. The van der Waals surface area contributed by atoms with Crippen molar-refractivity contribution in [3.8, 4) is 0 Å². The molecule has 0 fully saturated rings. The molecule has 0 bridgehead atoms. The van der Waals surface area contributed by atoms with E-state index in [0.717, 1.165) is 10.3 Å². The van der Waals surface area contributed by atoms with E-state index in [0.29, 0.717) is 31.2 Å². The molecular formula is C17H15Cl4N5O2S. The monoisotopic (exact) mass is 493 g/mol. The fourth-order valence-corrected chi connectivity index (χ4v) is 4.16. The molecule has 1 heterocycles. The van der Waals surface area contributed by atoms with E-state index in [-0.39, 0.29) is 25.0 Å². The topological polar surface area (TPSA) is 88.9 Å². The molecule has 0 atom stereocenters. The lowest BCUT2D eigenvalue weighted by Crippen LogP contribution is -2.16. The Morgan fingerprint density at radius 2 is 1.31 bits per heavy atom. The van der Waals surface area contributed by atoms with Crippen molar-refractivity contribution in [2.45, 2.75) is 13.1 Å². The summed E-state index contributed by atoms with van der Waals surface area (Å²) < 4.78 is 25.0. The molecule has 0 spiro atoms. The van der Waals surface area contributed by atoms with E-state index in [9.17, 15) is 8.42 Å². The number of nitrogens with one attached hydrogen (secondary N) is 2. The quantitative estimate of drug-likeness (QED) is 0.484. The maximum Gasteiger partial charge on any atom is 0.254 e. The van der Waals surface area contributed by atoms with Crippen LogP contribution in [0.1, 0.15) is 11.1 Å². The van der Waals surface area contributed by atoms with Gasteiger partial charge in [-0.15, -0.1) is 9.19 Å². The standard InChI is InChI=1S/C17H15Cl4N5O2S/c1-29(27,28)26-17(23-9-11-14(20)6-3-7-15(11)21)24-16(25-26)22-8-10-12(18)4-2-5-13(10)19/h2-7H,8-9H2,1H3,(H2,22,23,24,25). The van der Waals surface area contributed by atoms with Crippen LogP contribution in [0.3, 0.4) is 0 Å². The Bertz CT molecular complexity index is 1110. The molecule has 0 amide bonds. The molecule has 12 heteroatoms. The van der Waals surface area contributed by atoms with Gasteiger partial charge in [0.25, 0.3) is 10.0 Å². The molecule has 0 aliphatic carbocycles. The van der Waals surface area contributed by atoms with Gasteiger partial charge in [0.2, 0.25) is 11.9 Å². The zero-order valence-corrected chi connectivity index (χ0v) is 18.8. The smallest absolute Gasteiger partial charge is 0.254 e. The number of halogens is 4. The molecular weight excluding hydrogens is 480 g/mol. The van der Waals surface area contributed by atoms with Gasteiger partial charge in [0.05, 0.1) is 6.26 Å². The second-order valence-electron chi connectivity index (χ2n) is 5.97. The Balaban J connectivity index is 1.83. The van der Waals surface area contributed by atoms with Crippen molar-refractivity contribution in [2.75, 3.05) is 16.9 Å². The lowest BCUT2D eigenvalue weighted by molar-refractivity contribution is 0.587. The SMILES string of the molecule is CS(=O)(=O)n1nc(NCc2c(Cl)cccc2Cl)nc1NCc1c(Cl)cccc1Cl. The van der Waals surface area contributed by atoms with E-state index in [1.807, 2.05) is 0 Å². The molecule has 7 nitrogen and oxygen atoms in total. The van der Waals surface area contributed by atoms with Crippen molar-refractivity contribution in [3.63, 3.8) is 0 Å². The Morgan fingerprint density at radius 1 is 0.862 bits per heavy atom. The van der Waals surface area contributed by atoms with E-state index in [1.54, 1.807) is 36.4 Å². The molecule has 2 N–H and O–H groups in total. The maximum absolute atomic E-state index is 12.1. The molecule has 0 aliphatic heterocycles. The van der Waals surface area contributed by atoms with Gasteiger partial charge in [-0.2, -0.15) is 4.98 Å². The third-order valence-corrected chi connectivity index (χ3v) is 6.16. The Hall–Kier alpha value is -1.71. The average Bonchev–Trinajstić information content (AvgIpc) is 3.04. The number of hydrogen-bond acceptors (Lipinski definition) is 6. The lowest BCUT2D eigenvalue weighted by Gasteiger charge is -2.09. The number of aromatic nitrogens is 3. The first-order valence-corrected chi connectivity index (χ1v) is 11.5. The lowest BCUT2D eigenvalue weighted by atomic mass is 10.2. The fraction of sp³-hybridized carbons (Fsp3) is 0.176. The number of anilines is 2. The minimum absolute atomic E-state index is 0.0104. The van der Waals surface area contributed by atoms with Crippen LogP contribution in [-0.2, 0) is 23.1 Å². The van der Waals surface area contributed by atoms with Gasteiger partial charge in [-0.05, 0) is 24.3 Å². The van der Waals surface area contributed by atoms with Crippen molar-refractivity contribution < 1.29 is 8.42 Å². The molecule has 154 valence electrons. The highest BCUT2D eigenvalue weighted by Crippen LogP contribution is 2.26. The zero-order chi connectivity index (χ0) is 21.2. The normalized spacial score (nSPS) is 11.5. The Labute approximate surface area is 188 Å².